The summed E-state index contributed by atoms with van der Waals surface area (Å²) in [5.41, 5.74) is -0.581. The Morgan fingerprint density at radius 2 is 2.24 bits per heavy atom. The first-order valence-electron chi connectivity index (χ1n) is 5.95. The molecule has 0 aromatic rings. The van der Waals surface area contributed by atoms with Crippen molar-refractivity contribution in [2.45, 2.75) is 37.3 Å². The molecule has 0 aromatic carbocycles. The van der Waals surface area contributed by atoms with Gasteiger partial charge in [-0.25, -0.2) is 0 Å². The second kappa shape index (κ2) is 5.01. The van der Waals surface area contributed by atoms with Crippen LogP contribution in [0.15, 0.2) is 0 Å². The van der Waals surface area contributed by atoms with Crippen molar-refractivity contribution in [1.82, 2.24) is 10.6 Å². The summed E-state index contributed by atoms with van der Waals surface area (Å²) < 4.78 is 5.22. The zero-order valence-electron chi connectivity index (χ0n) is 9.70. The molecule has 2 rings (SSSR count). The second-order valence-corrected chi connectivity index (χ2v) is 4.70. The molecule has 2 aliphatic heterocycles. The van der Waals surface area contributed by atoms with Crippen LogP contribution in [0.2, 0.25) is 0 Å². The quantitative estimate of drug-likeness (QED) is 0.587. The zero-order valence-corrected chi connectivity index (χ0v) is 9.70. The highest BCUT2D eigenvalue weighted by Gasteiger charge is 2.37. The third-order valence-electron chi connectivity index (χ3n) is 3.45. The molecule has 0 unspecified atom stereocenters. The molecule has 2 fully saturated rings. The minimum Gasteiger partial charge on any atom is -0.394 e. The molecule has 17 heavy (non-hydrogen) atoms. The number of amides is 2. The Balaban J connectivity index is 1.93. The van der Waals surface area contributed by atoms with Crippen molar-refractivity contribution >= 4 is 11.8 Å². The Morgan fingerprint density at radius 1 is 1.53 bits per heavy atom. The molecule has 2 aliphatic rings. The predicted octanol–water partition coefficient (Wildman–Crippen LogP) is -1.08. The Morgan fingerprint density at radius 3 is 2.76 bits per heavy atom. The van der Waals surface area contributed by atoms with E-state index in [0.717, 1.165) is 0 Å². The number of hydrogen-bond acceptors (Lipinski definition) is 4. The first-order valence-corrected chi connectivity index (χ1v) is 5.95. The molecule has 0 aliphatic carbocycles. The predicted molar refractivity (Wildman–Crippen MR) is 59.2 cm³/mol. The topological polar surface area (TPSA) is 87.7 Å². The van der Waals surface area contributed by atoms with Gasteiger partial charge in [-0.3, -0.25) is 9.59 Å². The highest BCUT2D eigenvalue weighted by Crippen LogP contribution is 2.20. The van der Waals surface area contributed by atoms with E-state index in [4.69, 9.17) is 4.74 Å². The van der Waals surface area contributed by atoms with Gasteiger partial charge < -0.3 is 20.5 Å². The van der Waals surface area contributed by atoms with Crippen LogP contribution in [0.1, 0.15) is 25.7 Å². The van der Waals surface area contributed by atoms with E-state index in [2.05, 4.69) is 10.6 Å². The van der Waals surface area contributed by atoms with E-state index in [1.54, 1.807) is 0 Å². The third kappa shape index (κ3) is 2.76. The van der Waals surface area contributed by atoms with E-state index in [1.165, 1.54) is 0 Å². The van der Waals surface area contributed by atoms with E-state index in [0.29, 0.717) is 38.9 Å². The Labute approximate surface area is 99.7 Å². The van der Waals surface area contributed by atoms with Crippen LogP contribution in [-0.2, 0) is 14.3 Å². The number of aliphatic hydroxyl groups is 1. The van der Waals surface area contributed by atoms with Crippen LogP contribution in [-0.4, -0.2) is 48.3 Å². The minimum absolute atomic E-state index is 0.0878. The average Bonchev–Trinajstić information content (AvgIpc) is 2.77. The lowest BCUT2D eigenvalue weighted by molar-refractivity contribution is -0.129. The normalized spacial score (nSPS) is 27.6. The van der Waals surface area contributed by atoms with Gasteiger partial charge in [0.15, 0.2) is 0 Å². The molecule has 2 saturated heterocycles. The first-order chi connectivity index (χ1) is 8.15. The van der Waals surface area contributed by atoms with Crippen LogP contribution in [0.4, 0.5) is 0 Å². The first kappa shape index (κ1) is 12.3. The van der Waals surface area contributed by atoms with E-state index in [-0.39, 0.29) is 18.4 Å². The molecule has 6 nitrogen and oxygen atoms in total. The number of rotatable bonds is 3. The molecule has 0 radical (unpaired) electrons. The Bertz CT molecular complexity index is 313. The van der Waals surface area contributed by atoms with Gasteiger partial charge in [-0.15, -0.1) is 0 Å². The van der Waals surface area contributed by atoms with Gasteiger partial charge in [-0.05, 0) is 19.3 Å². The van der Waals surface area contributed by atoms with Crippen LogP contribution in [0.3, 0.4) is 0 Å². The summed E-state index contributed by atoms with van der Waals surface area (Å²) in [6.07, 6.45) is 2.14. The fraction of sp³-hybridized carbons (Fsp3) is 0.818. The summed E-state index contributed by atoms with van der Waals surface area (Å²) >= 11 is 0. The third-order valence-corrected chi connectivity index (χ3v) is 3.45. The van der Waals surface area contributed by atoms with Crippen LogP contribution in [0.25, 0.3) is 0 Å². The second-order valence-electron chi connectivity index (χ2n) is 4.70. The zero-order chi connectivity index (χ0) is 12.3. The lowest BCUT2D eigenvalue weighted by atomic mass is 9.90. The van der Waals surface area contributed by atoms with Crippen molar-refractivity contribution in [2.24, 2.45) is 0 Å². The number of aliphatic hydroxyl groups excluding tert-OH is 1. The maximum absolute atomic E-state index is 11.9. The van der Waals surface area contributed by atoms with Crippen molar-refractivity contribution in [3.63, 3.8) is 0 Å². The molecule has 0 saturated carbocycles. The molecule has 2 heterocycles. The number of carbonyl (C=O) groups is 2. The van der Waals surface area contributed by atoms with Gasteiger partial charge >= 0.3 is 0 Å². The van der Waals surface area contributed by atoms with Gasteiger partial charge in [0.1, 0.15) is 6.04 Å². The minimum atomic E-state index is -0.581. The van der Waals surface area contributed by atoms with Crippen molar-refractivity contribution in [1.29, 1.82) is 0 Å². The van der Waals surface area contributed by atoms with Gasteiger partial charge in [0, 0.05) is 19.6 Å². The molecule has 3 N–H and O–H groups in total. The summed E-state index contributed by atoms with van der Waals surface area (Å²) in [6.45, 7) is 0.985. The summed E-state index contributed by atoms with van der Waals surface area (Å²) in [4.78, 5) is 23.0. The van der Waals surface area contributed by atoms with E-state index < -0.39 is 11.6 Å². The van der Waals surface area contributed by atoms with Crippen molar-refractivity contribution in [3.8, 4) is 0 Å². The summed E-state index contributed by atoms with van der Waals surface area (Å²) in [7, 11) is 0. The molecule has 0 aromatic heterocycles. The smallest absolute Gasteiger partial charge is 0.243 e. The molecule has 6 heteroatoms. The maximum Gasteiger partial charge on any atom is 0.243 e. The van der Waals surface area contributed by atoms with Gasteiger partial charge in [-0.1, -0.05) is 0 Å². The molecule has 96 valence electrons. The fourth-order valence-electron chi connectivity index (χ4n) is 2.24. The lowest BCUT2D eigenvalue weighted by Gasteiger charge is -2.37. The monoisotopic (exact) mass is 242 g/mol. The standard InChI is InChI=1S/C11H18N2O4/c14-7-11(3-5-17-6-4-11)13-10(16)8-1-2-9(15)12-8/h8,14H,1-7H2,(H,12,15)(H,13,16)/t8-/m0/s1. The maximum atomic E-state index is 11.9. The van der Waals surface area contributed by atoms with Crippen molar-refractivity contribution in [2.75, 3.05) is 19.8 Å². The molecule has 0 bridgehead atoms. The Kier molecular flexibility index (Phi) is 3.63. The summed E-state index contributed by atoms with van der Waals surface area (Å²) in [5.74, 6) is -0.290. The van der Waals surface area contributed by atoms with E-state index >= 15 is 0 Å². The van der Waals surface area contributed by atoms with Crippen molar-refractivity contribution < 1.29 is 19.4 Å². The van der Waals surface area contributed by atoms with Gasteiger partial charge in [-0.2, -0.15) is 0 Å². The molecule has 2 amide bonds. The molecule has 0 spiro atoms. The molecular weight excluding hydrogens is 224 g/mol. The van der Waals surface area contributed by atoms with Gasteiger partial charge in [0.05, 0.1) is 12.1 Å². The number of ether oxygens (including phenoxy) is 1. The SMILES string of the molecule is O=C1CC[C@@H](C(=O)NC2(CO)CCOCC2)N1. The highest BCUT2D eigenvalue weighted by molar-refractivity contribution is 5.91. The van der Waals surface area contributed by atoms with Gasteiger partial charge in [0.25, 0.3) is 0 Å². The average molecular weight is 242 g/mol. The van der Waals surface area contributed by atoms with Crippen LogP contribution in [0, 0.1) is 0 Å². The summed E-state index contributed by atoms with van der Waals surface area (Å²) in [5, 5.41) is 14.9. The van der Waals surface area contributed by atoms with Crippen LogP contribution >= 0.6 is 0 Å². The van der Waals surface area contributed by atoms with Gasteiger partial charge in [0.2, 0.25) is 11.8 Å². The number of nitrogens with one attached hydrogen (secondary N) is 2. The molecule has 1 atom stereocenters. The number of hydrogen-bond donors (Lipinski definition) is 3. The van der Waals surface area contributed by atoms with Crippen LogP contribution < -0.4 is 10.6 Å². The van der Waals surface area contributed by atoms with Crippen LogP contribution in [0.5, 0.6) is 0 Å². The fourth-order valence-corrected chi connectivity index (χ4v) is 2.24. The molecular formula is C11H18N2O4. The number of carbonyl (C=O) groups excluding carboxylic acids is 2. The van der Waals surface area contributed by atoms with E-state index in [9.17, 15) is 14.7 Å². The Hall–Kier alpha value is -1.14. The lowest BCUT2D eigenvalue weighted by Crippen LogP contribution is -2.58. The summed E-state index contributed by atoms with van der Waals surface area (Å²) in [6, 6.07) is -0.450. The largest absolute Gasteiger partial charge is 0.394 e. The van der Waals surface area contributed by atoms with E-state index in [1.807, 2.05) is 0 Å². The van der Waals surface area contributed by atoms with Crippen molar-refractivity contribution in [3.05, 3.63) is 0 Å². The highest BCUT2D eigenvalue weighted by atomic mass is 16.5.